The van der Waals surface area contributed by atoms with E-state index >= 15 is 0 Å². The van der Waals surface area contributed by atoms with Crippen LogP contribution < -0.4 is 5.73 Å². The second-order valence-corrected chi connectivity index (χ2v) is 4.92. The van der Waals surface area contributed by atoms with Crippen molar-refractivity contribution in [3.63, 3.8) is 0 Å². The molecule has 18 heavy (non-hydrogen) atoms. The molecule has 0 saturated heterocycles. The quantitative estimate of drug-likeness (QED) is 0.851. The van der Waals surface area contributed by atoms with Gasteiger partial charge in [0.25, 0.3) is 5.91 Å². The maximum Gasteiger partial charge on any atom is 0.253 e. The molecule has 0 bridgehead atoms. The second kappa shape index (κ2) is 5.91. The van der Waals surface area contributed by atoms with E-state index in [2.05, 4.69) is 0 Å². The number of carbonyl (C=O) groups excluding carboxylic acids is 1. The fourth-order valence-corrected chi connectivity index (χ4v) is 1.73. The van der Waals surface area contributed by atoms with Crippen LogP contribution in [0.25, 0.3) is 0 Å². The number of halogens is 1. The molecule has 0 radical (unpaired) electrons. The Balaban J connectivity index is 2.83. The Kier molecular flexibility index (Phi) is 4.78. The van der Waals surface area contributed by atoms with Gasteiger partial charge in [0.2, 0.25) is 0 Å². The minimum atomic E-state index is -0.344. The van der Waals surface area contributed by atoms with Crippen molar-refractivity contribution in [3.8, 4) is 0 Å². The number of rotatable bonds is 4. The van der Waals surface area contributed by atoms with Gasteiger partial charge in [-0.05, 0) is 30.7 Å². The zero-order valence-electron chi connectivity index (χ0n) is 10.7. The number of hydrogen-bond donors (Lipinski definition) is 1. The van der Waals surface area contributed by atoms with Gasteiger partial charge >= 0.3 is 0 Å². The number of thiocarbonyl (C=S) groups is 1. The van der Waals surface area contributed by atoms with Crippen molar-refractivity contribution in [3.05, 3.63) is 35.1 Å². The van der Waals surface area contributed by atoms with Crippen molar-refractivity contribution in [1.29, 1.82) is 0 Å². The van der Waals surface area contributed by atoms with E-state index in [1.54, 1.807) is 18.9 Å². The summed E-state index contributed by atoms with van der Waals surface area (Å²) in [6.45, 7) is 4.02. The lowest BCUT2D eigenvalue weighted by Gasteiger charge is -2.21. The summed E-state index contributed by atoms with van der Waals surface area (Å²) in [7, 11) is 1.68. The molecule has 0 aliphatic heterocycles. The number of amides is 1. The third-order valence-corrected chi connectivity index (χ3v) is 3.20. The minimum absolute atomic E-state index is 0.0466. The van der Waals surface area contributed by atoms with Crippen molar-refractivity contribution in [1.82, 2.24) is 4.90 Å². The number of nitrogens with two attached hydrogens (primary N) is 1. The minimum Gasteiger partial charge on any atom is -0.393 e. The molecule has 0 aliphatic rings. The van der Waals surface area contributed by atoms with E-state index in [0.717, 1.165) is 0 Å². The molecular weight excluding hydrogens is 251 g/mol. The Morgan fingerprint density at radius 2 is 2.17 bits per heavy atom. The van der Waals surface area contributed by atoms with Crippen LogP contribution in [0.4, 0.5) is 4.39 Å². The van der Waals surface area contributed by atoms with Crippen LogP contribution in [0.1, 0.15) is 22.8 Å². The average molecular weight is 268 g/mol. The summed E-state index contributed by atoms with van der Waals surface area (Å²) < 4.78 is 13.0. The summed E-state index contributed by atoms with van der Waals surface area (Å²) in [6.07, 6.45) is 0. The number of nitrogens with zero attached hydrogens (tertiary/aromatic N) is 1. The summed E-state index contributed by atoms with van der Waals surface area (Å²) in [5.41, 5.74) is 6.63. The van der Waals surface area contributed by atoms with E-state index in [4.69, 9.17) is 18.0 Å². The van der Waals surface area contributed by atoms with Gasteiger partial charge < -0.3 is 10.6 Å². The lowest BCUT2D eigenvalue weighted by molar-refractivity contribution is 0.0786. The van der Waals surface area contributed by atoms with Gasteiger partial charge in [-0.3, -0.25) is 4.79 Å². The molecule has 0 heterocycles. The molecule has 1 amide bonds. The number of carbonyl (C=O) groups is 1. The van der Waals surface area contributed by atoms with Crippen LogP contribution in [0, 0.1) is 18.7 Å². The van der Waals surface area contributed by atoms with Gasteiger partial charge in [-0.2, -0.15) is 0 Å². The van der Waals surface area contributed by atoms with Crippen molar-refractivity contribution in [2.45, 2.75) is 13.8 Å². The van der Waals surface area contributed by atoms with Crippen molar-refractivity contribution >= 4 is 23.1 Å². The molecule has 1 rings (SSSR count). The van der Waals surface area contributed by atoms with Crippen LogP contribution >= 0.6 is 12.2 Å². The van der Waals surface area contributed by atoms with E-state index in [0.29, 0.717) is 22.7 Å². The summed E-state index contributed by atoms with van der Waals surface area (Å²) in [6, 6.07) is 4.12. The third kappa shape index (κ3) is 3.50. The highest BCUT2D eigenvalue weighted by Gasteiger charge is 2.17. The average Bonchev–Trinajstić information content (AvgIpc) is 2.27. The first-order valence-corrected chi connectivity index (χ1v) is 6.04. The zero-order valence-corrected chi connectivity index (χ0v) is 11.6. The largest absolute Gasteiger partial charge is 0.393 e. The topological polar surface area (TPSA) is 46.3 Å². The van der Waals surface area contributed by atoms with Crippen LogP contribution in [0.3, 0.4) is 0 Å². The van der Waals surface area contributed by atoms with Gasteiger partial charge in [0.15, 0.2) is 0 Å². The van der Waals surface area contributed by atoms with Crippen molar-refractivity contribution in [2.75, 3.05) is 13.6 Å². The number of benzene rings is 1. The normalized spacial score (nSPS) is 12.0. The molecule has 1 aromatic carbocycles. The monoisotopic (exact) mass is 268 g/mol. The molecule has 0 aliphatic carbocycles. The van der Waals surface area contributed by atoms with Gasteiger partial charge in [-0.25, -0.2) is 4.39 Å². The molecule has 1 unspecified atom stereocenters. The molecule has 0 saturated carbocycles. The molecule has 3 nitrogen and oxygen atoms in total. The third-order valence-electron chi connectivity index (χ3n) is 2.80. The standard InChI is InChI=1S/C13H17FN2OS/c1-8-6-10(14)4-5-11(8)13(17)16(3)7-9(2)12(15)18/h4-6,9H,7H2,1-3H3,(H2,15,18). The van der Waals surface area contributed by atoms with Crippen LogP contribution in [0.15, 0.2) is 18.2 Å². The molecule has 0 fully saturated rings. The predicted octanol–water partition coefficient (Wildman–Crippen LogP) is 2.13. The second-order valence-electron chi connectivity index (χ2n) is 4.45. The summed E-state index contributed by atoms with van der Waals surface area (Å²) in [5.74, 6) is -0.548. The Hall–Kier alpha value is -1.49. The maximum absolute atomic E-state index is 13.0. The van der Waals surface area contributed by atoms with E-state index in [-0.39, 0.29) is 17.6 Å². The van der Waals surface area contributed by atoms with Crippen LogP contribution in [0.2, 0.25) is 0 Å². The Morgan fingerprint density at radius 3 is 2.67 bits per heavy atom. The molecule has 5 heteroatoms. The Bertz CT molecular complexity index is 476. The van der Waals surface area contributed by atoms with Crippen molar-refractivity contribution in [2.24, 2.45) is 11.7 Å². The van der Waals surface area contributed by atoms with E-state index in [1.807, 2.05) is 6.92 Å². The van der Waals surface area contributed by atoms with Gasteiger partial charge in [0.1, 0.15) is 5.82 Å². The highest BCUT2D eigenvalue weighted by molar-refractivity contribution is 7.80. The molecular formula is C13H17FN2OS. The molecule has 1 aromatic rings. The summed E-state index contributed by atoms with van der Waals surface area (Å²) in [4.78, 5) is 14.1. The Labute approximate surface area is 112 Å². The van der Waals surface area contributed by atoms with Crippen LogP contribution in [-0.2, 0) is 0 Å². The highest BCUT2D eigenvalue weighted by atomic mass is 32.1. The zero-order chi connectivity index (χ0) is 13.9. The lowest BCUT2D eigenvalue weighted by atomic mass is 10.1. The maximum atomic E-state index is 13.0. The summed E-state index contributed by atoms with van der Waals surface area (Å²) in [5, 5.41) is 0. The first kappa shape index (κ1) is 14.6. The summed E-state index contributed by atoms with van der Waals surface area (Å²) >= 11 is 4.87. The van der Waals surface area contributed by atoms with Gasteiger partial charge in [-0.15, -0.1) is 0 Å². The predicted molar refractivity (Wildman–Crippen MR) is 74.0 cm³/mol. The highest BCUT2D eigenvalue weighted by Crippen LogP contribution is 2.13. The molecule has 1 atom stereocenters. The van der Waals surface area contributed by atoms with E-state index in [9.17, 15) is 9.18 Å². The SMILES string of the molecule is Cc1cc(F)ccc1C(=O)N(C)CC(C)C(N)=S. The molecule has 2 N–H and O–H groups in total. The number of aryl methyl sites for hydroxylation is 1. The molecule has 0 aromatic heterocycles. The van der Waals surface area contributed by atoms with Gasteiger partial charge in [0, 0.05) is 25.1 Å². The van der Waals surface area contributed by atoms with Crippen LogP contribution in [0.5, 0.6) is 0 Å². The fraction of sp³-hybridized carbons (Fsp3) is 0.385. The first-order valence-electron chi connectivity index (χ1n) is 5.64. The number of hydrogen-bond acceptors (Lipinski definition) is 2. The smallest absolute Gasteiger partial charge is 0.253 e. The molecule has 98 valence electrons. The van der Waals surface area contributed by atoms with Gasteiger partial charge in [-0.1, -0.05) is 19.1 Å². The van der Waals surface area contributed by atoms with E-state index < -0.39 is 0 Å². The van der Waals surface area contributed by atoms with E-state index in [1.165, 1.54) is 18.2 Å². The van der Waals surface area contributed by atoms with Crippen LogP contribution in [-0.4, -0.2) is 29.4 Å². The fourth-order valence-electron chi connectivity index (χ4n) is 1.66. The van der Waals surface area contributed by atoms with Gasteiger partial charge in [0.05, 0.1) is 4.99 Å². The first-order chi connectivity index (χ1) is 8.32. The van der Waals surface area contributed by atoms with Crippen molar-refractivity contribution < 1.29 is 9.18 Å². The lowest BCUT2D eigenvalue weighted by Crippen LogP contribution is -2.35. The Morgan fingerprint density at radius 1 is 1.56 bits per heavy atom. The molecule has 0 spiro atoms.